The fourth-order valence-corrected chi connectivity index (χ4v) is 2.18. The number of non-ortho nitro benzene ring substituents is 1. The number of para-hydroxylation sites is 1. The summed E-state index contributed by atoms with van der Waals surface area (Å²) < 4.78 is 1.28. The van der Waals surface area contributed by atoms with Gasteiger partial charge in [0.05, 0.1) is 10.6 Å². The molecule has 2 N–H and O–H groups in total. The highest BCUT2D eigenvalue weighted by molar-refractivity contribution is 6.04. The van der Waals surface area contributed by atoms with E-state index in [-0.39, 0.29) is 22.6 Å². The van der Waals surface area contributed by atoms with Crippen molar-refractivity contribution in [3.05, 3.63) is 86.7 Å². The number of nitro groups is 1. The van der Waals surface area contributed by atoms with E-state index in [4.69, 9.17) is 0 Å². The van der Waals surface area contributed by atoms with E-state index in [1.54, 1.807) is 24.3 Å². The smallest absolute Gasteiger partial charge is 0.273 e. The first-order chi connectivity index (χ1) is 11.5. The monoisotopic (exact) mass is 324 g/mol. The van der Waals surface area contributed by atoms with Crippen LogP contribution in [0.3, 0.4) is 0 Å². The van der Waals surface area contributed by atoms with Crippen LogP contribution in [0.25, 0.3) is 5.69 Å². The van der Waals surface area contributed by atoms with Crippen molar-refractivity contribution in [2.45, 2.75) is 0 Å². The van der Waals surface area contributed by atoms with E-state index in [2.05, 4.69) is 10.4 Å². The zero-order valence-corrected chi connectivity index (χ0v) is 12.3. The minimum atomic E-state index is -0.579. The van der Waals surface area contributed by atoms with Gasteiger partial charge in [0.1, 0.15) is 5.82 Å². The minimum Gasteiger partial charge on any atom is -0.307 e. The van der Waals surface area contributed by atoms with Gasteiger partial charge in [-0.1, -0.05) is 24.3 Å². The van der Waals surface area contributed by atoms with Crippen molar-refractivity contribution in [3.8, 4) is 5.69 Å². The molecule has 0 saturated heterocycles. The lowest BCUT2D eigenvalue weighted by Crippen LogP contribution is -2.13. The number of benzene rings is 2. The third-order valence-electron chi connectivity index (χ3n) is 3.30. The molecular weight excluding hydrogens is 312 g/mol. The van der Waals surface area contributed by atoms with Crippen LogP contribution in [0.15, 0.2) is 65.5 Å². The molecule has 8 nitrogen and oxygen atoms in total. The largest absolute Gasteiger partial charge is 0.307 e. The molecule has 3 rings (SSSR count). The van der Waals surface area contributed by atoms with Crippen LogP contribution in [0.4, 0.5) is 11.5 Å². The summed E-state index contributed by atoms with van der Waals surface area (Å²) in [5.74, 6) is -0.361. The van der Waals surface area contributed by atoms with Crippen LogP contribution in [0.1, 0.15) is 10.4 Å². The minimum absolute atomic E-state index is 0.123. The lowest BCUT2D eigenvalue weighted by Gasteiger charge is -2.04. The Hall–Kier alpha value is -3.68. The van der Waals surface area contributed by atoms with Crippen LogP contribution < -0.4 is 10.9 Å². The Balaban J connectivity index is 1.84. The summed E-state index contributed by atoms with van der Waals surface area (Å²) in [5, 5.41) is 16.1. The zero-order chi connectivity index (χ0) is 17.1. The number of aromatic amines is 1. The SMILES string of the molecule is O=C(Nc1cc(=O)n(-c2ccccc2)[nH]1)c1cccc([N+](=O)[O-])c1. The van der Waals surface area contributed by atoms with E-state index >= 15 is 0 Å². The van der Waals surface area contributed by atoms with Crippen molar-refractivity contribution in [3.63, 3.8) is 0 Å². The summed E-state index contributed by atoms with van der Waals surface area (Å²) in [4.78, 5) is 34.4. The molecule has 2 aromatic carbocycles. The van der Waals surface area contributed by atoms with Crippen molar-refractivity contribution in [1.29, 1.82) is 0 Å². The number of amides is 1. The van der Waals surface area contributed by atoms with Gasteiger partial charge in [0.15, 0.2) is 0 Å². The number of nitrogens with zero attached hydrogens (tertiary/aromatic N) is 2. The Morgan fingerprint density at radius 3 is 2.54 bits per heavy atom. The molecule has 1 aromatic heterocycles. The van der Waals surface area contributed by atoms with Gasteiger partial charge in [-0.3, -0.25) is 24.8 Å². The van der Waals surface area contributed by atoms with Gasteiger partial charge >= 0.3 is 0 Å². The van der Waals surface area contributed by atoms with Crippen molar-refractivity contribution in [1.82, 2.24) is 9.78 Å². The highest BCUT2D eigenvalue weighted by atomic mass is 16.6. The van der Waals surface area contributed by atoms with E-state index in [0.717, 1.165) is 0 Å². The van der Waals surface area contributed by atoms with Crippen molar-refractivity contribution < 1.29 is 9.72 Å². The maximum atomic E-state index is 12.2. The van der Waals surface area contributed by atoms with Crippen LogP contribution in [0.2, 0.25) is 0 Å². The highest BCUT2D eigenvalue weighted by Gasteiger charge is 2.13. The van der Waals surface area contributed by atoms with Crippen LogP contribution in [0.5, 0.6) is 0 Å². The summed E-state index contributed by atoms with van der Waals surface area (Å²) in [5.41, 5.74) is 0.226. The van der Waals surface area contributed by atoms with Crippen LogP contribution in [-0.4, -0.2) is 20.6 Å². The number of nitrogens with one attached hydrogen (secondary N) is 2. The second-order valence-electron chi connectivity index (χ2n) is 4.94. The molecule has 120 valence electrons. The van der Waals surface area contributed by atoms with E-state index in [9.17, 15) is 19.7 Å². The molecule has 0 aliphatic heterocycles. The predicted octanol–water partition coefficient (Wildman–Crippen LogP) is 2.33. The Labute approximate surface area is 135 Å². The van der Waals surface area contributed by atoms with Gasteiger partial charge in [-0.2, -0.15) is 0 Å². The Morgan fingerprint density at radius 1 is 1.08 bits per heavy atom. The molecule has 0 aliphatic carbocycles. The molecule has 1 amide bonds. The first kappa shape index (κ1) is 15.2. The molecule has 0 bridgehead atoms. The first-order valence-corrected chi connectivity index (χ1v) is 6.98. The van der Waals surface area contributed by atoms with Crippen molar-refractivity contribution in [2.75, 3.05) is 5.32 Å². The van der Waals surface area contributed by atoms with Crippen molar-refractivity contribution in [2.24, 2.45) is 0 Å². The molecule has 0 spiro atoms. The van der Waals surface area contributed by atoms with Gasteiger partial charge in [0, 0.05) is 23.8 Å². The molecule has 0 saturated carbocycles. The number of hydrogen-bond donors (Lipinski definition) is 2. The van der Waals surface area contributed by atoms with Gasteiger partial charge in [0.25, 0.3) is 17.2 Å². The van der Waals surface area contributed by atoms with Crippen molar-refractivity contribution >= 4 is 17.4 Å². The number of carbonyl (C=O) groups is 1. The molecule has 0 fully saturated rings. The molecule has 0 unspecified atom stereocenters. The average Bonchev–Trinajstić information content (AvgIpc) is 2.96. The maximum Gasteiger partial charge on any atom is 0.273 e. The fourth-order valence-electron chi connectivity index (χ4n) is 2.18. The second kappa shape index (κ2) is 6.21. The number of anilines is 1. The van der Waals surface area contributed by atoms with E-state index in [0.29, 0.717) is 5.69 Å². The fraction of sp³-hybridized carbons (Fsp3) is 0. The van der Waals surface area contributed by atoms with Gasteiger partial charge in [-0.05, 0) is 18.2 Å². The molecule has 1 heterocycles. The third-order valence-corrected chi connectivity index (χ3v) is 3.30. The van der Waals surface area contributed by atoms with Gasteiger partial charge in [-0.15, -0.1) is 0 Å². The van der Waals surface area contributed by atoms with Gasteiger partial charge in [0.2, 0.25) is 0 Å². The third kappa shape index (κ3) is 3.07. The normalized spacial score (nSPS) is 10.3. The molecular formula is C16H12N4O4. The van der Waals surface area contributed by atoms with E-state index in [1.807, 2.05) is 6.07 Å². The van der Waals surface area contributed by atoms with Gasteiger partial charge in [-0.25, -0.2) is 4.68 Å². The summed E-state index contributed by atoms with van der Waals surface area (Å²) in [6.07, 6.45) is 0. The van der Waals surface area contributed by atoms with Crippen LogP contribution in [0, 0.1) is 10.1 Å². The first-order valence-electron chi connectivity index (χ1n) is 6.98. The topological polar surface area (TPSA) is 110 Å². The number of aromatic nitrogens is 2. The summed E-state index contributed by atoms with van der Waals surface area (Å²) in [7, 11) is 0. The molecule has 0 atom stereocenters. The second-order valence-corrected chi connectivity index (χ2v) is 4.94. The lowest BCUT2D eigenvalue weighted by atomic mass is 10.2. The molecule has 3 aromatic rings. The molecule has 8 heteroatoms. The molecule has 24 heavy (non-hydrogen) atoms. The quantitative estimate of drug-likeness (QED) is 0.567. The lowest BCUT2D eigenvalue weighted by molar-refractivity contribution is -0.384. The summed E-state index contributed by atoms with van der Waals surface area (Å²) in [6, 6.07) is 15.4. The number of carbonyl (C=O) groups excluding carboxylic acids is 1. The average molecular weight is 324 g/mol. The number of rotatable bonds is 4. The number of hydrogen-bond acceptors (Lipinski definition) is 4. The standard InChI is InChI=1S/C16H12N4O4/c21-15-10-14(18-19(15)12-6-2-1-3-7-12)17-16(22)11-5-4-8-13(9-11)20(23)24/h1-10,18H,(H,17,22). The Bertz CT molecular complexity index is 959. The van der Waals surface area contributed by atoms with E-state index < -0.39 is 10.8 Å². The Kier molecular flexibility index (Phi) is 3.94. The summed E-state index contributed by atoms with van der Waals surface area (Å²) in [6.45, 7) is 0. The predicted molar refractivity (Wildman–Crippen MR) is 87.4 cm³/mol. The zero-order valence-electron chi connectivity index (χ0n) is 12.3. The van der Waals surface area contributed by atoms with Crippen LogP contribution in [-0.2, 0) is 0 Å². The Morgan fingerprint density at radius 2 is 1.83 bits per heavy atom. The highest BCUT2D eigenvalue weighted by Crippen LogP contribution is 2.14. The van der Waals surface area contributed by atoms with Crippen LogP contribution >= 0.6 is 0 Å². The molecule has 0 radical (unpaired) electrons. The summed E-state index contributed by atoms with van der Waals surface area (Å²) >= 11 is 0. The number of nitro benzene ring substituents is 1. The molecule has 0 aliphatic rings. The number of H-pyrrole nitrogens is 1. The van der Waals surface area contributed by atoms with E-state index in [1.165, 1.54) is 35.0 Å². The van der Waals surface area contributed by atoms with Gasteiger partial charge < -0.3 is 5.32 Å². The maximum absolute atomic E-state index is 12.2.